The molecule has 6 nitrogen and oxygen atoms in total. The minimum atomic E-state index is -0.549. The molecule has 0 aliphatic carbocycles. The minimum absolute atomic E-state index is 0.00741. The van der Waals surface area contributed by atoms with Crippen molar-refractivity contribution in [1.82, 2.24) is 10.2 Å². The Kier molecular flexibility index (Phi) is 10.1. The molecule has 1 fully saturated rings. The number of ether oxygens (including phenoxy) is 2. The SMILES string of the molecule is CC(=O)NCc1ccccc1-c1ccc([C@H]2O[C@@H](CN(C)[C@H](C)c3ccc4ccccc4c3)[C@@H](C)[C@@H](c3ccc(CO)cc3)O2)cc1. The average Bonchev–Trinajstić information content (AvgIpc) is 3.11. The fourth-order valence-electron chi connectivity index (χ4n) is 6.49. The molecule has 1 saturated heterocycles. The van der Waals surface area contributed by atoms with Crippen LogP contribution in [0, 0.1) is 5.92 Å². The van der Waals surface area contributed by atoms with E-state index in [0.29, 0.717) is 6.54 Å². The predicted octanol–water partition coefficient (Wildman–Crippen LogP) is 8.12. The summed E-state index contributed by atoms with van der Waals surface area (Å²) in [6.07, 6.45) is -0.831. The average molecular weight is 629 g/mol. The van der Waals surface area contributed by atoms with E-state index in [1.165, 1.54) is 23.3 Å². The van der Waals surface area contributed by atoms with Crippen molar-refractivity contribution < 1.29 is 19.4 Å². The Morgan fingerprint density at radius 3 is 2.26 bits per heavy atom. The van der Waals surface area contributed by atoms with Crippen LogP contribution in [-0.4, -0.2) is 35.6 Å². The van der Waals surface area contributed by atoms with E-state index in [4.69, 9.17) is 9.47 Å². The second kappa shape index (κ2) is 14.6. The molecule has 1 heterocycles. The molecular formula is C41H44N2O4. The Balaban J connectivity index is 1.25. The Labute approximate surface area is 278 Å². The number of nitrogens with zero attached hydrogens (tertiary/aromatic N) is 1. The van der Waals surface area contributed by atoms with Gasteiger partial charge in [-0.1, -0.05) is 116 Å². The normalized spacial score (nSPS) is 20.3. The summed E-state index contributed by atoms with van der Waals surface area (Å²) in [5.41, 5.74) is 7.37. The Morgan fingerprint density at radius 2 is 1.53 bits per heavy atom. The van der Waals surface area contributed by atoms with Crippen molar-refractivity contribution >= 4 is 16.7 Å². The number of carbonyl (C=O) groups excluding carboxylic acids is 1. The number of benzene rings is 5. The van der Waals surface area contributed by atoms with Gasteiger partial charge in [0.1, 0.15) is 0 Å². The molecule has 1 amide bonds. The second-order valence-corrected chi connectivity index (χ2v) is 12.7. The lowest BCUT2D eigenvalue weighted by Gasteiger charge is -2.43. The van der Waals surface area contributed by atoms with Gasteiger partial charge in [0, 0.05) is 37.5 Å². The van der Waals surface area contributed by atoms with E-state index >= 15 is 0 Å². The van der Waals surface area contributed by atoms with Crippen molar-refractivity contribution in [3.63, 3.8) is 0 Å². The van der Waals surface area contributed by atoms with E-state index in [0.717, 1.165) is 39.9 Å². The summed E-state index contributed by atoms with van der Waals surface area (Å²) < 4.78 is 13.5. The van der Waals surface area contributed by atoms with Crippen molar-refractivity contribution in [3.8, 4) is 11.1 Å². The van der Waals surface area contributed by atoms with Gasteiger partial charge in [-0.15, -0.1) is 0 Å². The van der Waals surface area contributed by atoms with Gasteiger partial charge in [-0.05, 0) is 64.2 Å². The van der Waals surface area contributed by atoms with Gasteiger partial charge >= 0.3 is 0 Å². The third kappa shape index (κ3) is 7.47. The zero-order chi connectivity index (χ0) is 32.9. The molecule has 6 heteroatoms. The molecule has 0 spiro atoms. The molecule has 5 atom stereocenters. The molecule has 0 unspecified atom stereocenters. The third-order valence-corrected chi connectivity index (χ3v) is 9.55. The summed E-state index contributed by atoms with van der Waals surface area (Å²) in [5, 5.41) is 15.0. The smallest absolute Gasteiger partial charge is 0.217 e. The molecule has 0 aromatic heterocycles. The summed E-state index contributed by atoms with van der Waals surface area (Å²) in [4.78, 5) is 13.9. The number of aliphatic hydroxyl groups excluding tert-OH is 1. The summed E-state index contributed by atoms with van der Waals surface area (Å²) in [5.74, 6) is 0.0285. The molecule has 0 bridgehead atoms. The highest BCUT2D eigenvalue weighted by atomic mass is 16.7. The van der Waals surface area contributed by atoms with Crippen molar-refractivity contribution in [2.24, 2.45) is 5.92 Å². The first kappa shape index (κ1) is 32.6. The van der Waals surface area contributed by atoms with Crippen LogP contribution in [-0.2, 0) is 27.4 Å². The maximum atomic E-state index is 11.6. The van der Waals surface area contributed by atoms with Crippen molar-refractivity contribution in [2.75, 3.05) is 13.6 Å². The first-order chi connectivity index (χ1) is 22.8. The fourth-order valence-corrected chi connectivity index (χ4v) is 6.49. The topological polar surface area (TPSA) is 71.0 Å². The van der Waals surface area contributed by atoms with E-state index < -0.39 is 6.29 Å². The molecule has 5 aromatic carbocycles. The van der Waals surface area contributed by atoms with Crippen LogP contribution in [0.4, 0.5) is 0 Å². The van der Waals surface area contributed by atoms with Crippen molar-refractivity contribution in [3.05, 3.63) is 143 Å². The van der Waals surface area contributed by atoms with Gasteiger partial charge in [0.15, 0.2) is 6.29 Å². The van der Waals surface area contributed by atoms with Crippen LogP contribution in [0.2, 0.25) is 0 Å². The van der Waals surface area contributed by atoms with Crippen LogP contribution < -0.4 is 5.32 Å². The van der Waals surface area contributed by atoms with Gasteiger partial charge in [0.05, 0.1) is 18.8 Å². The van der Waals surface area contributed by atoms with Crippen molar-refractivity contribution in [2.45, 2.75) is 58.5 Å². The number of likely N-dealkylation sites (N-methyl/N-ethyl adjacent to an activating group) is 1. The van der Waals surface area contributed by atoms with E-state index in [1.54, 1.807) is 0 Å². The van der Waals surface area contributed by atoms with Gasteiger partial charge in [0.25, 0.3) is 0 Å². The molecule has 6 rings (SSSR count). The number of aliphatic hydroxyl groups is 1. The van der Waals surface area contributed by atoms with Crippen LogP contribution in [0.1, 0.15) is 67.0 Å². The van der Waals surface area contributed by atoms with Crippen LogP contribution in [0.5, 0.6) is 0 Å². The van der Waals surface area contributed by atoms with Crippen LogP contribution in [0.25, 0.3) is 21.9 Å². The zero-order valence-corrected chi connectivity index (χ0v) is 27.6. The second-order valence-electron chi connectivity index (χ2n) is 12.7. The number of carbonyl (C=O) groups is 1. The Morgan fingerprint density at radius 1 is 0.851 bits per heavy atom. The largest absolute Gasteiger partial charge is 0.392 e. The zero-order valence-electron chi connectivity index (χ0n) is 27.6. The van der Waals surface area contributed by atoms with Gasteiger partial charge in [-0.25, -0.2) is 0 Å². The summed E-state index contributed by atoms with van der Waals surface area (Å²) in [6, 6.07) is 39.9. The molecular weight excluding hydrogens is 584 g/mol. The molecule has 242 valence electrons. The highest BCUT2D eigenvalue weighted by Crippen LogP contribution is 2.42. The third-order valence-electron chi connectivity index (χ3n) is 9.55. The quantitative estimate of drug-likeness (QED) is 0.164. The molecule has 1 aliphatic heterocycles. The van der Waals surface area contributed by atoms with Gasteiger partial charge in [-0.3, -0.25) is 9.69 Å². The van der Waals surface area contributed by atoms with Crippen molar-refractivity contribution in [1.29, 1.82) is 0 Å². The molecule has 5 aromatic rings. The lowest BCUT2D eigenvalue weighted by molar-refractivity contribution is -0.276. The van der Waals surface area contributed by atoms with E-state index in [9.17, 15) is 9.90 Å². The molecule has 0 radical (unpaired) electrons. The number of hydrogen-bond acceptors (Lipinski definition) is 5. The number of fused-ring (bicyclic) bond motifs is 1. The van der Waals surface area contributed by atoms with Gasteiger partial charge < -0.3 is 19.9 Å². The lowest BCUT2D eigenvalue weighted by atomic mass is 9.89. The van der Waals surface area contributed by atoms with E-state index in [-0.39, 0.29) is 36.7 Å². The molecule has 47 heavy (non-hydrogen) atoms. The highest BCUT2D eigenvalue weighted by Gasteiger charge is 2.39. The standard InChI is InChI=1S/C41H44N2O4/c1-27-39(25-43(4)28(2)35-22-17-31-9-5-6-10-36(31)23-35)46-41(47-40(27)33-15-13-30(26-44)14-16-33)34-20-18-32(19-21-34)38-12-8-7-11-37(38)24-42-29(3)45/h5-23,27-28,39-41,44H,24-26H2,1-4H3,(H,42,45)/t27-,28-,39+,40+,41+/m1/s1. The maximum absolute atomic E-state index is 11.6. The number of nitrogens with one attached hydrogen (secondary N) is 1. The maximum Gasteiger partial charge on any atom is 0.217 e. The molecule has 0 saturated carbocycles. The molecule has 2 N–H and O–H groups in total. The number of rotatable bonds is 10. The van der Waals surface area contributed by atoms with Crippen LogP contribution in [0.3, 0.4) is 0 Å². The van der Waals surface area contributed by atoms with E-state index in [1.807, 2.05) is 30.3 Å². The summed E-state index contributed by atoms with van der Waals surface area (Å²) in [6.45, 7) is 7.20. The van der Waals surface area contributed by atoms with Gasteiger partial charge in [0.2, 0.25) is 5.91 Å². The molecule has 1 aliphatic rings. The predicted molar refractivity (Wildman–Crippen MR) is 187 cm³/mol. The number of hydrogen-bond donors (Lipinski definition) is 2. The Hall–Kier alpha value is -4.33. The monoisotopic (exact) mass is 628 g/mol. The first-order valence-electron chi connectivity index (χ1n) is 16.4. The first-order valence-corrected chi connectivity index (χ1v) is 16.4. The van der Waals surface area contributed by atoms with E-state index in [2.05, 4.69) is 116 Å². The summed E-state index contributed by atoms with van der Waals surface area (Å²) in [7, 11) is 2.17. The van der Waals surface area contributed by atoms with Crippen LogP contribution in [0.15, 0.2) is 115 Å². The highest BCUT2D eigenvalue weighted by molar-refractivity contribution is 5.83. The summed E-state index contributed by atoms with van der Waals surface area (Å²) >= 11 is 0. The Bertz CT molecular complexity index is 1800. The van der Waals surface area contributed by atoms with Gasteiger partial charge in [-0.2, -0.15) is 0 Å². The lowest BCUT2D eigenvalue weighted by Crippen LogP contribution is -2.44. The van der Waals surface area contributed by atoms with Crippen LogP contribution >= 0.6 is 0 Å². The minimum Gasteiger partial charge on any atom is -0.392 e. The fraction of sp³-hybridized carbons (Fsp3) is 0.293. The number of amides is 1.